The highest BCUT2D eigenvalue weighted by Gasteiger charge is 2.32. The largest absolute Gasteiger partial charge is 0.468 e. The molecule has 20 heavy (non-hydrogen) atoms. The number of esters is 1. The summed E-state index contributed by atoms with van der Waals surface area (Å²) in [6.45, 7) is 3.60. The molecule has 1 aromatic rings. The SMILES string of the molecule is CNC(C)(CCN(C)CCc1ccccn1)C(=O)OC. The van der Waals surface area contributed by atoms with Gasteiger partial charge < -0.3 is 15.0 Å². The van der Waals surface area contributed by atoms with Crippen molar-refractivity contribution >= 4 is 5.97 Å². The molecule has 0 aliphatic carbocycles. The average Bonchev–Trinajstić information content (AvgIpc) is 2.50. The van der Waals surface area contributed by atoms with Crippen molar-refractivity contribution < 1.29 is 9.53 Å². The molecule has 1 unspecified atom stereocenters. The Bertz CT molecular complexity index is 411. The van der Waals surface area contributed by atoms with Crippen molar-refractivity contribution in [2.24, 2.45) is 0 Å². The van der Waals surface area contributed by atoms with Gasteiger partial charge in [0.25, 0.3) is 0 Å². The van der Waals surface area contributed by atoms with E-state index in [0.29, 0.717) is 6.42 Å². The third-order valence-corrected chi connectivity index (χ3v) is 3.66. The fraction of sp³-hybridized carbons (Fsp3) is 0.600. The van der Waals surface area contributed by atoms with Crippen LogP contribution in [0.4, 0.5) is 0 Å². The minimum atomic E-state index is -0.631. The summed E-state index contributed by atoms with van der Waals surface area (Å²) < 4.78 is 4.84. The standard InChI is InChI=1S/C15H25N3O2/c1-15(16-2,14(19)20-4)9-12-18(3)11-8-13-7-5-6-10-17-13/h5-7,10,16H,8-9,11-12H2,1-4H3. The van der Waals surface area contributed by atoms with E-state index >= 15 is 0 Å². The maximum Gasteiger partial charge on any atom is 0.325 e. The lowest BCUT2D eigenvalue weighted by Gasteiger charge is -2.28. The minimum Gasteiger partial charge on any atom is -0.468 e. The monoisotopic (exact) mass is 279 g/mol. The smallest absolute Gasteiger partial charge is 0.325 e. The molecule has 5 nitrogen and oxygen atoms in total. The summed E-state index contributed by atoms with van der Waals surface area (Å²) in [5, 5.41) is 3.04. The number of ether oxygens (including phenoxy) is 1. The molecule has 0 saturated carbocycles. The number of carbonyl (C=O) groups is 1. The van der Waals surface area contributed by atoms with Gasteiger partial charge in [0.05, 0.1) is 7.11 Å². The van der Waals surface area contributed by atoms with Crippen molar-refractivity contribution in [2.75, 3.05) is 34.3 Å². The third-order valence-electron chi connectivity index (χ3n) is 3.66. The highest BCUT2D eigenvalue weighted by Crippen LogP contribution is 2.12. The molecular weight excluding hydrogens is 254 g/mol. The van der Waals surface area contributed by atoms with Gasteiger partial charge in [-0.25, -0.2) is 0 Å². The van der Waals surface area contributed by atoms with Crippen LogP contribution < -0.4 is 5.32 Å². The topological polar surface area (TPSA) is 54.5 Å². The molecule has 1 aromatic heterocycles. The molecular formula is C15H25N3O2. The zero-order valence-electron chi connectivity index (χ0n) is 12.8. The van der Waals surface area contributed by atoms with E-state index in [4.69, 9.17) is 4.74 Å². The number of hydrogen-bond donors (Lipinski definition) is 1. The van der Waals surface area contributed by atoms with E-state index < -0.39 is 5.54 Å². The maximum atomic E-state index is 11.7. The van der Waals surface area contributed by atoms with Crippen molar-refractivity contribution in [1.29, 1.82) is 0 Å². The number of carbonyl (C=O) groups excluding carboxylic acids is 1. The first-order valence-electron chi connectivity index (χ1n) is 6.87. The van der Waals surface area contributed by atoms with Gasteiger partial charge >= 0.3 is 5.97 Å². The summed E-state index contributed by atoms with van der Waals surface area (Å²) in [5.74, 6) is -0.224. The lowest BCUT2D eigenvalue weighted by atomic mass is 9.98. The fourth-order valence-corrected chi connectivity index (χ4v) is 1.93. The first-order chi connectivity index (χ1) is 9.51. The normalized spacial score (nSPS) is 14.1. The Morgan fingerprint density at radius 3 is 2.75 bits per heavy atom. The second-order valence-electron chi connectivity index (χ2n) is 5.20. The van der Waals surface area contributed by atoms with E-state index in [2.05, 4.69) is 22.2 Å². The quantitative estimate of drug-likeness (QED) is 0.722. The third kappa shape index (κ3) is 4.90. The highest BCUT2D eigenvalue weighted by atomic mass is 16.5. The van der Waals surface area contributed by atoms with Crippen LogP contribution in [-0.2, 0) is 16.0 Å². The number of aromatic nitrogens is 1. The van der Waals surface area contributed by atoms with Gasteiger partial charge in [0.2, 0.25) is 0 Å². The van der Waals surface area contributed by atoms with Crippen LogP contribution in [0.3, 0.4) is 0 Å². The molecule has 5 heteroatoms. The van der Waals surface area contributed by atoms with E-state index in [1.165, 1.54) is 7.11 Å². The Kier molecular flexibility index (Phi) is 6.61. The zero-order valence-corrected chi connectivity index (χ0v) is 12.8. The Hall–Kier alpha value is -1.46. The summed E-state index contributed by atoms with van der Waals surface area (Å²) >= 11 is 0. The van der Waals surface area contributed by atoms with Crippen LogP contribution >= 0.6 is 0 Å². The molecule has 1 heterocycles. The number of methoxy groups -OCH3 is 1. The van der Waals surface area contributed by atoms with Gasteiger partial charge in [-0.15, -0.1) is 0 Å². The molecule has 0 bridgehead atoms. The number of nitrogens with one attached hydrogen (secondary N) is 1. The summed E-state index contributed by atoms with van der Waals surface area (Å²) in [7, 11) is 5.25. The Morgan fingerprint density at radius 1 is 1.45 bits per heavy atom. The van der Waals surface area contributed by atoms with Crippen molar-refractivity contribution in [1.82, 2.24) is 15.2 Å². The first kappa shape index (κ1) is 16.6. The molecule has 1 N–H and O–H groups in total. The lowest BCUT2D eigenvalue weighted by molar-refractivity contribution is -0.148. The van der Waals surface area contributed by atoms with E-state index in [0.717, 1.165) is 25.2 Å². The van der Waals surface area contributed by atoms with Crippen LogP contribution in [0.1, 0.15) is 19.0 Å². The molecule has 0 radical (unpaired) electrons. The summed E-state index contributed by atoms with van der Waals surface area (Å²) in [5.41, 5.74) is 0.456. The maximum absolute atomic E-state index is 11.7. The van der Waals surface area contributed by atoms with Crippen molar-refractivity contribution in [3.63, 3.8) is 0 Å². The van der Waals surface area contributed by atoms with Gasteiger partial charge in [0.15, 0.2) is 0 Å². The van der Waals surface area contributed by atoms with Crippen LogP contribution in [0.25, 0.3) is 0 Å². The average molecular weight is 279 g/mol. The van der Waals surface area contributed by atoms with Gasteiger partial charge in [-0.1, -0.05) is 6.07 Å². The molecule has 0 saturated heterocycles. The fourth-order valence-electron chi connectivity index (χ4n) is 1.93. The van der Waals surface area contributed by atoms with Crippen LogP contribution in [-0.4, -0.2) is 55.7 Å². The van der Waals surface area contributed by atoms with E-state index in [1.807, 2.05) is 31.3 Å². The molecule has 0 aliphatic rings. The van der Waals surface area contributed by atoms with Gasteiger partial charge in [-0.2, -0.15) is 0 Å². The lowest BCUT2D eigenvalue weighted by Crippen LogP contribution is -2.50. The zero-order chi connectivity index (χ0) is 15.0. The number of likely N-dealkylation sites (N-methyl/N-ethyl adjacent to an activating group) is 2. The van der Waals surface area contributed by atoms with Gasteiger partial charge in [0.1, 0.15) is 5.54 Å². The molecule has 0 spiro atoms. The molecule has 1 rings (SSSR count). The second-order valence-corrected chi connectivity index (χ2v) is 5.20. The second kappa shape index (κ2) is 7.97. The predicted molar refractivity (Wildman–Crippen MR) is 79.5 cm³/mol. The first-order valence-corrected chi connectivity index (χ1v) is 6.87. The summed E-state index contributed by atoms with van der Waals surface area (Å²) in [6, 6.07) is 5.94. The van der Waals surface area contributed by atoms with Gasteiger partial charge in [-0.3, -0.25) is 9.78 Å². The van der Waals surface area contributed by atoms with Crippen molar-refractivity contribution in [2.45, 2.75) is 25.3 Å². The van der Waals surface area contributed by atoms with Gasteiger partial charge in [-0.05, 0) is 39.6 Å². The van der Waals surface area contributed by atoms with Crippen molar-refractivity contribution in [3.8, 4) is 0 Å². The number of rotatable bonds is 8. The van der Waals surface area contributed by atoms with Crippen LogP contribution in [0.2, 0.25) is 0 Å². The molecule has 0 aliphatic heterocycles. The Balaban J connectivity index is 2.39. The molecule has 1 atom stereocenters. The van der Waals surface area contributed by atoms with Crippen LogP contribution in [0.5, 0.6) is 0 Å². The van der Waals surface area contributed by atoms with E-state index in [-0.39, 0.29) is 5.97 Å². The molecule has 0 aromatic carbocycles. The van der Waals surface area contributed by atoms with Gasteiger partial charge in [0, 0.05) is 31.4 Å². The molecule has 0 fully saturated rings. The predicted octanol–water partition coefficient (Wildman–Crippen LogP) is 1.10. The molecule has 0 amide bonds. The Labute approximate surface area is 121 Å². The number of hydrogen-bond acceptors (Lipinski definition) is 5. The highest BCUT2D eigenvalue weighted by molar-refractivity contribution is 5.80. The van der Waals surface area contributed by atoms with Crippen LogP contribution in [0.15, 0.2) is 24.4 Å². The molecule has 112 valence electrons. The summed E-state index contributed by atoms with van der Waals surface area (Å²) in [4.78, 5) is 18.2. The minimum absolute atomic E-state index is 0.224. The van der Waals surface area contributed by atoms with E-state index in [9.17, 15) is 4.79 Å². The Morgan fingerprint density at radius 2 is 2.20 bits per heavy atom. The van der Waals surface area contributed by atoms with Crippen LogP contribution in [0, 0.1) is 0 Å². The van der Waals surface area contributed by atoms with E-state index in [1.54, 1.807) is 7.05 Å². The number of pyridine rings is 1. The number of nitrogens with zero attached hydrogens (tertiary/aromatic N) is 2. The summed E-state index contributed by atoms with van der Waals surface area (Å²) in [6.07, 6.45) is 3.42. The van der Waals surface area contributed by atoms with Crippen molar-refractivity contribution in [3.05, 3.63) is 30.1 Å².